The summed E-state index contributed by atoms with van der Waals surface area (Å²) in [6, 6.07) is 4.66. The van der Waals surface area contributed by atoms with Gasteiger partial charge < -0.3 is 19.4 Å². The second kappa shape index (κ2) is 7.96. The molecule has 8 nitrogen and oxygen atoms in total. The monoisotopic (exact) mass is 378 g/mol. The summed E-state index contributed by atoms with van der Waals surface area (Å²) in [6.07, 6.45) is 0. The van der Waals surface area contributed by atoms with Gasteiger partial charge in [-0.1, -0.05) is 6.07 Å². The van der Waals surface area contributed by atoms with Gasteiger partial charge in [0.05, 0.1) is 19.8 Å². The molecule has 0 aliphatic heterocycles. The van der Waals surface area contributed by atoms with Crippen molar-refractivity contribution in [2.75, 3.05) is 19.5 Å². The fraction of sp³-hybridized carbons (Fsp3) is 0.294. The number of anilines is 1. The number of aryl methyl sites for hydroxylation is 1. The molecule has 0 bridgehead atoms. The van der Waals surface area contributed by atoms with Crippen molar-refractivity contribution < 1.29 is 23.9 Å². The minimum Gasteiger partial charge on any atom is -0.465 e. The Hall–Kier alpha value is -2.94. The van der Waals surface area contributed by atoms with E-state index in [9.17, 15) is 19.2 Å². The highest BCUT2D eigenvalue weighted by Crippen LogP contribution is 2.34. The van der Waals surface area contributed by atoms with Crippen molar-refractivity contribution >= 4 is 34.2 Å². The van der Waals surface area contributed by atoms with Crippen LogP contribution in [0.3, 0.4) is 0 Å². The zero-order chi connectivity index (χ0) is 19.4. The van der Waals surface area contributed by atoms with Crippen LogP contribution in [0, 0.1) is 13.8 Å². The molecule has 2 aromatic heterocycles. The van der Waals surface area contributed by atoms with Crippen molar-refractivity contribution in [1.82, 2.24) is 4.57 Å². The molecule has 26 heavy (non-hydrogen) atoms. The molecule has 0 aliphatic rings. The van der Waals surface area contributed by atoms with Crippen LogP contribution < -0.4 is 10.9 Å². The number of thiophene rings is 1. The molecule has 1 N–H and O–H groups in total. The second-order valence-electron chi connectivity index (χ2n) is 5.38. The van der Waals surface area contributed by atoms with E-state index in [0.29, 0.717) is 11.3 Å². The van der Waals surface area contributed by atoms with Crippen molar-refractivity contribution in [2.24, 2.45) is 0 Å². The second-order valence-corrected chi connectivity index (χ2v) is 6.40. The van der Waals surface area contributed by atoms with Gasteiger partial charge in [0, 0.05) is 11.8 Å². The third kappa shape index (κ3) is 3.83. The molecule has 0 atom stereocenters. The summed E-state index contributed by atoms with van der Waals surface area (Å²) < 4.78 is 10.7. The Morgan fingerprint density at radius 2 is 1.77 bits per heavy atom. The van der Waals surface area contributed by atoms with Gasteiger partial charge in [-0.2, -0.15) is 0 Å². The van der Waals surface area contributed by atoms with Crippen molar-refractivity contribution in [3.8, 4) is 0 Å². The Kier molecular flexibility index (Phi) is 5.93. The zero-order valence-corrected chi connectivity index (χ0v) is 15.6. The number of ether oxygens (including phenoxy) is 2. The van der Waals surface area contributed by atoms with Crippen LogP contribution in [0.25, 0.3) is 0 Å². The molecular weight excluding hydrogens is 360 g/mol. The number of nitrogens with one attached hydrogen (secondary N) is 1. The Morgan fingerprint density at radius 3 is 2.35 bits per heavy atom. The van der Waals surface area contributed by atoms with Gasteiger partial charge in [-0.3, -0.25) is 9.59 Å². The topological polar surface area (TPSA) is 104 Å². The minimum atomic E-state index is -0.683. The highest BCUT2D eigenvalue weighted by atomic mass is 32.1. The molecule has 0 spiro atoms. The molecule has 0 unspecified atom stereocenters. The lowest BCUT2D eigenvalue weighted by atomic mass is 10.1. The Labute approximate surface area is 153 Å². The average Bonchev–Trinajstić information content (AvgIpc) is 2.93. The predicted molar refractivity (Wildman–Crippen MR) is 95.8 cm³/mol. The summed E-state index contributed by atoms with van der Waals surface area (Å²) in [5, 5.41) is 2.75. The van der Waals surface area contributed by atoms with Crippen molar-refractivity contribution in [3.63, 3.8) is 0 Å². The Morgan fingerprint density at radius 1 is 1.12 bits per heavy atom. The van der Waals surface area contributed by atoms with Crippen LogP contribution >= 0.6 is 11.3 Å². The standard InChI is InChI=1S/C17H18N2O6S/c1-9-6-5-7-12(21)19(9)8-11(20)18-15-13(16(22)24-3)10(2)14(26-15)17(23)25-4/h5-7H,8H2,1-4H3,(H,18,20). The van der Waals surface area contributed by atoms with E-state index in [-0.39, 0.29) is 27.5 Å². The number of hydrogen-bond acceptors (Lipinski definition) is 7. The van der Waals surface area contributed by atoms with E-state index in [4.69, 9.17) is 9.47 Å². The number of amides is 1. The molecule has 2 heterocycles. The smallest absolute Gasteiger partial charge is 0.348 e. The largest absolute Gasteiger partial charge is 0.465 e. The van der Waals surface area contributed by atoms with E-state index in [1.54, 1.807) is 26.0 Å². The number of hydrogen-bond donors (Lipinski definition) is 1. The predicted octanol–water partition coefficient (Wildman–Crippen LogP) is 1.74. The molecule has 0 fully saturated rings. The average molecular weight is 378 g/mol. The SMILES string of the molecule is COC(=O)c1sc(NC(=O)Cn2c(C)cccc2=O)c(C(=O)OC)c1C. The first kappa shape index (κ1) is 19.4. The van der Waals surface area contributed by atoms with Crippen molar-refractivity contribution in [1.29, 1.82) is 0 Å². The summed E-state index contributed by atoms with van der Waals surface area (Å²) in [4.78, 5) is 48.4. The van der Waals surface area contributed by atoms with Crippen LogP contribution in [-0.4, -0.2) is 36.6 Å². The van der Waals surface area contributed by atoms with Gasteiger partial charge in [-0.05, 0) is 25.5 Å². The Bertz CT molecular complexity index is 928. The van der Waals surface area contributed by atoms with Crippen molar-refractivity contribution in [2.45, 2.75) is 20.4 Å². The van der Waals surface area contributed by atoms with Gasteiger partial charge in [0.25, 0.3) is 5.56 Å². The lowest BCUT2D eigenvalue weighted by Crippen LogP contribution is -2.28. The lowest BCUT2D eigenvalue weighted by Gasteiger charge is -2.10. The highest BCUT2D eigenvalue weighted by molar-refractivity contribution is 7.18. The third-order valence-corrected chi connectivity index (χ3v) is 4.92. The summed E-state index contributed by atoms with van der Waals surface area (Å²) in [5.41, 5.74) is 0.754. The normalized spacial score (nSPS) is 10.3. The number of carbonyl (C=O) groups excluding carboxylic acids is 3. The number of methoxy groups -OCH3 is 2. The van der Waals surface area contributed by atoms with Gasteiger partial charge >= 0.3 is 11.9 Å². The first-order valence-corrected chi connectivity index (χ1v) is 8.38. The maximum Gasteiger partial charge on any atom is 0.348 e. The maximum absolute atomic E-state index is 12.4. The maximum atomic E-state index is 12.4. The zero-order valence-electron chi connectivity index (χ0n) is 14.7. The van der Waals surface area contributed by atoms with Crippen LogP contribution in [-0.2, 0) is 20.8 Å². The first-order valence-electron chi connectivity index (χ1n) is 7.56. The third-order valence-electron chi connectivity index (χ3n) is 3.73. The van der Waals surface area contributed by atoms with Gasteiger partial charge in [0.2, 0.25) is 5.91 Å². The molecule has 9 heteroatoms. The van der Waals surface area contributed by atoms with E-state index < -0.39 is 17.8 Å². The molecule has 2 rings (SSSR count). The van der Waals surface area contributed by atoms with E-state index in [2.05, 4.69) is 5.32 Å². The van der Waals surface area contributed by atoms with Crippen LogP contribution in [0.1, 0.15) is 31.3 Å². The van der Waals surface area contributed by atoms with E-state index in [1.807, 2.05) is 0 Å². The van der Waals surface area contributed by atoms with Crippen molar-refractivity contribution in [3.05, 3.63) is 50.3 Å². The molecular formula is C17H18N2O6S. The molecule has 0 saturated heterocycles. The van der Waals surface area contributed by atoms with Gasteiger partial charge in [0.15, 0.2) is 0 Å². The minimum absolute atomic E-state index is 0.0865. The highest BCUT2D eigenvalue weighted by Gasteiger charge is 2.26. The summed E-state index contributed by atoms with van der Waals surface area (Å²) in [5.74, 6) is -1.81. The van der Waals surface area contributed by atoms with Gasteiger partial charge in [-0.15, -0.1) is 11.3 Å². The van der Waals surface area contributed by atoms with E-state index in [0.717, 1.165) is 11.3 Å². The molecule has 0 aromatic carbocycles. The number of pyridine rings is 1. The fourth-order valence-electron chi connectivity index (χ4n) is 2.37. The van der Waals surface area contributed by atoms with Crippen LogP contribution in [0.15, 0.2) is 23.0 Å². The molecule has 138 valence electrons. The van der Waals surface area contributed by atoms with Crippen LogP contribution in [0.2, 0.25) is 0 Å². The molecule has 2 aromatic rings. The van der Waals surface area contributed by atoms with Crippen LogP contribution in [0.5, 0.6) is 0 Å². The summed E-state index contributed by atoms with van der Waals surface area (Å²) in [7, 11) is 2.43. The molecule has 0 radical (unpaired) electrons. The molecule has 0 saturated carbocycles. The lowest BCUT2D eigenvalue weighted by molar-refractivity contribution is -0.116. The van der Waals surface area contributed by atoms with E-state index in [1.165, 1.54) is 24.9 Å². The number of nitrogens with zero attached hydrogens (tertiary/aromatic N) is 1. The Balaban J connectivity index is 2.36. The first-order chi connectivity index (χ1) is 12.3. The number of aromatic nitrogens is 1. The van der Waals surface area contributed by atoms with Crippen LogP contribution in [0.4, 0.5) is 5.00 Å². The number of carbonyl (C=O) groups is 3. The number of rotatable bonds is 5. The summed E-state index contributed by atoms with van der Waals surface area (Å²) in [6.45, 7) is 3.05. The molecule has 1 amide bonds. The quantitative estimate of drug-likeness (QED) is 0.795. The fourth-order valence-corrected chi connectivity index (χ4v) is 3.50. The molecule has 0 aliphatic carbocycles. The van der Waals surface area contributed by atoms with Gasteiger partial charge in [-0.25, -0.2) is 9.59 Å². The summed E-state index contributed by atoms with van der Waals surface area (Å²) >= 11 is 0.915. The van der Waals surface area contributed by atoms with E-state index >= 15 is 0 Å². The van der Waals surface area contributed by atoms with Gasteiger partial charge in [0.1, 0.15) is 16.4 Å². The number of esters is 2.